The second kappa shape index (κ2) is 5.89. The predicted octanol–water partition coefficient (Wildman–Crippen LogP) is 3.07. The van der Waals surface area contributed by atoms with E-state index >= 15 is 0 Å². The average Bonchev–Trinajstić information content (AvgIpc) is 2.63. The highest BCUT2D eigenvalue weighted by atomic mass is 35.5. The van der Waals surface area contributed by atoms with Crippen LogP contribution in [0.25, 0.3) is 0 Å². The first kappa shape index (κ1) is 11.3. The molecule has 1 N–H and O–H groups in total. The molecule has 3 heteroatoms. The maximum absolute atomic E-state index is 9.70. The summed E-state index contributed by atoms with van der Waals surface area (Å²) in [7, 11) is 0. The van der Waals surface area contributed by atoms with E-state index in [0.717, 1.165) is 24.9 Å². The first-order valence-corrected chi connectivity index (χ1v) is 5.30. The van der Waals surface area contributed by atoms with Crippen LogP contribution in [0.1, 0.15) is 31.4 Å². The minimum atomic E-state index is -0.332. The van der Waals surface area contributed by atoms with E-state index in [1.165, 1.54) is 5.54 Å². The zero-order valence-electron chi connectivity index (χ0n) is 8.36. The molecule has 1 unspecified atom stereocenters. The molecule has 1 aromatic heterocycles. The van der Waals surface area contributed by atoms with Gasteiger partial charge in [-0.15, -0.1) is 0 Å². The second-order valence-corrected chi connectivity index (χ2v) is 3.56. The Morgan fingerprint density at radius 1 is 1.64 bits per heavy atom. The third kappa shape index (κ3) is 3.20. The van der Waals surface area contributed by atoms with E-state index in [1.807, 2.05) is 29.1 Å². The SMILES string of the molecule is CCCC(O)c1ccn(CC=CCl)c1. The van der Waals surface area contributed by atoms with E-state index in [9.17, 15) is 5.11 Å². The molecular formula is C11H16ClNO. The first-order chi connectivity index (χ1) is 6.77. The number of aliphatic hydroxyl groups excluding tert-OH is 1. The first-order valence-electron chi connectivity index (χ1n) is 4.87. The van der Waals surface area contributed by atoms with Crippen molar-refractivity contribution in [2.45, 2.75) is 32.4 Å². The van der Waals surface area contributed by atoms with E-state index in [1.54, 1.807) is 0 Å². The van der Waals surface area contributed by atoms with Crippen molar-refractivity contribution in [3.63, 3.8) is 0 Å². The Morgan fingerprint density at radius 3 is 3.07 bits per heavy atom. The number of allylic oxidation sites excluding steroid dienone is 1. The fourth-order valence-electron chi connectivity index (χ4n) is 1.37. The summed E-state index contributed by atoms with van der Waals surface area (Å²) in [5.74, 6) is 0. The van der Waals surface area contributed by atoms with Gasteiger partial charge in [0, 0.05) is 24.5 Å². The third-order valence-corrected chi connectivity index (χ3v) is 2.30. The Balaban J connectivity index is 2.58. The fraction of sp³-hybridized carbons (Fsp3) is 0.455. The van der Waals surface area contributed by atoms with Gasteiger partial charge in [0.2, 0.25) is 0 Å². The van der Waals surface area contributed by atoms with Crippen LogP contribution in [0.2, 0.25) is 0 Å². The molecule has 0 saturated carbocycles. The lowest BCUT2D eigenvalue weighted by Crippen LogP contribution is -1.95. The van der Waals surface area contributed by atoms with Gasteiger partial charge in [0.1, 0.15) is 0 Å². The van der Waals surface area contributed by atoms with Crippen LogP contribution < -0.4 is 0 Å². The molecule has 0 aliphatic carbocycles. The molecule has 0 aliphatic rings. The number of rotatable bonds is 5. The van der Waals surface area contributed by atoms with E-state index in [4.69, 9.17) is 11.6 Å². The summed E-state index contributed by atoms with van der Waals surface area (Å²) < 4.78 is 1.99. The third-order valence-electron chi connectivity index (χ3n) is 2.13. The average molecular weight is 214 g/mol. The molecule has 0 amide bonds. The number of hydrogen-bond acceptors (Lipinski definition) is 1. The molecule has 1 aromatic rings. The summed E-state index contributed by atoms with van der Waals surface area (Å²) in [5, 5.41) is 9.70. The van der Waals surface area contributed by atoms with Crippen LogP contribution in [0.15, 0.2) is 30.1 Å². The molecule has 78 valence electrons. The summed E-state index contributed by atoms with van der Waals surface area (Å²) in [5.41, 5.74) is 2.48. The molecule has 0 radical (unpaired) electrons. The van der Waals surface area contributed by atoms with E-state index in [-0.39, 0.29) is 6.10 Å². The van der Waals surface area contributed by atoms with Gasteiger partial charge < -0.3 is 9.67 Å². The zero-order valence-corrected chi connectivity index (χ0v) is 9.11. The Kier molecular flexibility index (Phi) is 4.77. The highest BCUT2D eigenvalue weighted by molar-refractivity contribution is 6.25. The Hall–Kier alpha value is -0.730. The smallest absolute Gasteiger partial charge is 0.0804 e. The molecule has 0 aromatic carbocycles. The Labute approximate surface area is 89.8 Å². The van der Waals surface area contributed by atoms with Gasteiger partial charge in [-0.3, -0.25) is 0 Å². The van der Waals surface area contributed by atoms with Crippen molar-refractivity contribution in [2.24, 2.45) is 0 Å². The van der Waals surface area contributed by atoms with Crippen LogP contribution in [0.3, 0.4) is 0 Å². The van der Waals surface area contributed by atoms with Crippen LogP contribution in [-0.4, -0.2) is 9.67 Å². The number of halogens is 1. The summed E-state index contributed by atoms with van der Waals surface area (Å²) in [6.45, 7) is 2.82. The van der Waals surface area contributed by atoms with E-state index in [2.05, 4.69) is 6.92 Å². The zero-order chi connectivity index (χ0) is 10.4. The van der Waals surface area contributed by atoms with Gasteiger partial charge in [0.05, 0.1) is 6.10 Å². The van der Waals surface area contributed by atoms with E-state index < -0.39 is 0 Å². The number of aromatic nitrogens is 1. The Bertz CT molecular complexity index is 293. The monoisotopic (exact) mass is 213 g/mol. The van der Waals surface area contributed by atoms with Crippen molar-refractivity contribution in [2.75, 3.05) is 0 Å². The summed E-state index contributed by atoms with van der Waals surface area (Å²) in [6.07, 6.45) is 7.24. The van der Waals surface area contributed by atoms with Crippen molar-refractivity contribution in [3.05, 3.63) is 35.6 Å². The number of nitrogens with zero attached hydrogens (tertiary/aromatic N) is 1. The lowest BCUT2D eigenvalue weighted by molar-refractivity contribution is 0.166. The quantitative estimate of drug-likeness (QED) is 0.799. The van der Waals surface area contributed by atoms with Gasteiger partial charge in [-0.1, -0.05) is 31.0 Å². The highest BCUT2D eigenvalue weighted by Crippen LogP contribution is 2.18. The molecule has 1 atom stereocenters. The van der Waals surface area contributed by atoms with Gasteiger partial charge in [-0.05, 0) is 18.1 Å². The predicted molar refractivity (Wildman–Crippen MR) is 59.3 cm³/mol. The van der Waals surface area contributed by atoms with Crippen molar-refractivity contribution < 1.29 is 5.11 Å². The molecule has 1 heterocycles. The largest absolute Gasteiger partial charge is 0.388 e. The topological polar surface area (TPSA) is 25.2 Å². The Morgan fingerprint density at radius 2 is 2.43 bits per heavy atom. The second-order valence-electron chi connectivity index (χ2n) is 3.31. The minimum absolute atomic E-state index is 0.332. The maximum atomic E-state index is 9.70. The van der Waals surface area contributed by atoms with Crippen LogP contribution in [0.4, 0.5) is 0 Å². The standard InChI is InChI=1S/C11H16ClNO/c1-2-4-11(14)10-5-8-13(9-10)7-3-6-12/h3,5-6,8-9,11,14H,2,4,7H2,1H3. The van der Waals surface area contributed by atoms with Gasteiger partial charge in [-0.25, -0.2) is 0 Å². The van der Waals surface area contributed by atoms with E-state index in [0.29, 0.717) is 0 Å². The lowest BCUT2D eigenvalue weighted by atomic mass is 10.1. The number of aliphatic hydroxyl groups is 1. The minimum Gasteiger partial charge on any atom is -0.388 e. The molecule has 0 spiro atoms. The van der Waals surface area contributed by atoms with Crippen LogP contribution in [0, 0.1) is 0 Å². The van der Waals surface area contributed by atoms with Crippen LogP contribution in [0.5, 0.6) is 0 Å². The van der Waals surface area contributed by atoms with Crippen LogP contribution in [-0.2, 0) is 6.54 Å². The molecule has 0 aliphatic heterocycles. The molecule has 14 heavy (non-hydrogen) atoms. The van der Waals surface area contributed by atoms with Gasteiger partial charge >= 0.3 is 0 Å². The van der Waals surface area contributed by atoms with Crippen molar-refractivity contribution in [3.8, 4) is 0 Å². The summed E-state index contributed by atoms with van der Waals surface area (Å²) >= 11 is 5.43. The molecular weight excluding hydrogens is 198 g/mol. The molecule has 2 nitrogen and oxygen atoms in total. The van der Waals surface area contributed by atoms with Crippen molar-refractivity contribution >= 4 is 11.6 Å². The van der Waals surface area contributed by atoms with Crippen molar-refractivity contribution in [1.29, 1.82) is 0 Å². The summed E-state index contributed by atoms with van der Waals surface area (Å²) in [6, 6.07) is 1.95. The fourth-order valence-corrected chi connectivity index (χ4v) is 1.45. The maximum Gasteiger partial charge on any atom is 0.0804 e. The van der Waals surface area contributed by atoms with Crippen LogP contribution >= 0.6 is 11.6 Å². The lowest BCUT2D eigenvalue weighted by Gasteiger charge is -2.05. The molecule has 0 fully saturated rings. The molecule has 0 bridgehead atoms. The molecule has 1 rings (SSSR count). The number of hydrogen-bond donors (Lipinski definition) is 1. The highest BCUT2D eigenvalue weighted by Gasteiger charge is 2.06. The van der Waals surface area contributed by atoms with Gasteiger partial charge in [-0.2, -0.15) is 0 Å². The van der Waals surface area contributed by atoms with Gasteiger partial charge in [0.25, 0.3) is 0 Å². The normalized spacial score (nSPS) is 13.6. The van der Waals surface area contributed by atoms with Gasteiger partial charge in [0.15, 0.2) is 0 Å². The summed E-state index contributed by atoms with van der Waals surface area (Å²) in [4.78, 5) is 0. The molecule has 0 saturated heterocycles. The van der Waals surface area contributed by atoms with Crippen molar-refractivity contribution in [1.82, 2.24) is 4.57 Å².